The summed E-state index contributed by atoms with van der Waals surface area (Å²) in [5.74, 6) is 1.95. The fraction of sp³-hybridized carbons (Fsp3) is 0.333. The van der Waals surface area contributed by atoms with Crippen LogP contribution >= 0.6 is 0 Å². The largest absolute Gasteiger partial charge is 0.488 e. The summed E-state index contributed by atoms with van der Waals surface area (Å²) in [6.45, 7) is 7.96. The van der Waals surface area contributed by atoms with Crippen molar-refractivity contribution in [2.75, 3.05) is 5.73 Å². The van der Waals surface area contributed by atoms with Crippen LogP contribution in [0.2, 0.25) is 0 Å². The van der Waals surface area contributed by atoms with Crippen LogP contribution in [0, 0.1) is 6.92 Å². The molecule has 2 N–H and O–H groups in total. The van der Waals surface area contributed by atoms with E-state index in [4.69, 9.17) is 10.5 Å². The fourth-order valence-electron chi connectivity index (χ4n) is 1.75. The maximum atomic E-state index is 5.77. The minimum atomic E-state index is -0.203. The molecular formula is C15H19N3O. The van der Waals surface area contributed by atoms with Crippen molar-refractivity contribution in [3.63, 3.8) is 0 Å². The van der Waals surface area contributed by atoms with Crippen molar-refractivity contribution in [3.8, 4) is 17.1 Å². The lowest BCUT2D eigenvalue weighted by Crippen LogP contribution is -2.22. The zero-order chi connectivity index (χ0) is 14.0. The molecule has 0 aliphatic heterocycles. The van der Waals surface area contributed by atoms with Crippen LogP contribution in [0.3, 0.4) is 0 Å². The van der Waals surface area contributed by atoms with Crippen LogP contribution in [0.4, 0.5) is 5.82 Å². The van der Waals surface area contributed by atoms with E-state index in [0.29, 0.717) is 11.6 Å². The molecule has 0 fully saturated rings. The van der Waals surface area contributed by atoms with E-state index in [1.807, 2.05) is 52.0 Å². The van der Waals surface area contributed by atoms with Gasteiger partial charge in [-0.15, -0.1) is 0 Å². The number of nitrogens with zero attached hydrogens (tertiary/aromatic N) is 2. The molecule has 4 nitrogen and oxygen atoms in total. The number of nitrogen functional groups attached to an aromatic ring is 1. The zero-order valence-electron chi connectivity index (χ0n) is 11.8. The molecule has 0 amide bonds. The van der Waals surface area contributed by atoms with Gasteiger partial charge in [-0.1, -0.05) is 0 Å². The first-order valence-corrected chi connectivity index (χ1v) is 6.24. The lowest BCUT2D eigenvalue weighted by molar-refractivity contribution is 0.131. The number of rotatable bonds is 2. The second kappa shape index (κ2) is 4.88. The van der Waals surface area contributed by atoms with E-state index in [-0.39, 0.29) is 5.60 Å². The summed E-state index contributed by atoms with van der Waals surface area (Å²) >= 11 is 0. The summed E-state index contributed by atoms with van der Waals surface area (Å²) in [5.41, 5.74) is 7.32. The third-order valence-corrected chi connectivity index (χ3v) is 2.41. The molecule has 2 aromatic rings. The van der Waals surface area contributed by atoms with Gasteiger partial charge in [0.05, 0.1) is 0 Å². The molecule has 0 spiro atoms. The Morgan fingerprint density at radius 2 is 1.68 bits per heavy atom. The molecule has 2 rings (SSSR count). The van der Waals surface area contributed by atoms with Crippen molar-refractivity contribution in [1.29, 1.82) is 0 Å². The second-order valence-electron chi connectivity index (χ2n) is 5.50. The van der Waals surface area contributed by atoms with E-state index in [0.717, 1.165) is 17.0 Å². The van der Waals surface area contributed by atoms with Gasteiger partial charge in [0.1, 0.15) is 17.2 Å². The van der Waals surface area contributed by atoms with Gasteiger partial charge >= 0.3 is 0 Å². The van der Waals surface area contributed by atoms with Crippen molar-refractivity contribution in [2.24, 2.45) is 0 Å². The molecule has 0 aliphatic rings. The van der Waals surface area contributed by atoms with Crippen LogP contribution in [0.25, 0.3) is 11.4 Å². The Balaban J connectivity index is 2.27. The summed E-state index contributed by atoms with van der Waals surface area (Å²) in [6, 6.07) is 9.47. The van der Waals surface area contributed by atoms with Gasteiger partial charge in [0.2, 0.25) is 0 Å². The normalized spacial score (nSPS) is 11.4. The first-order chi connectivity index (χ1) is 8.83. The van der Waals surface area contributed by atoms with Gasteiger partial charge in [-0.25, -0.2) is 9.97 Å². The molecule has 0 saturated carbocycles. The van der Waals surface area contributed by atoms with Crippen molar-refractivity contribution < 1.29 is 4.74 Å². The maximum absolute atomic E-state index is 5.77. The number of anilines is 1. The number of benzene rings is 1. The minimum Gasteiger partial charge on any atom is -0.488 e. The van der Waals surface area contributed by atoms with Gasteiger partial charge < -0.3 is 10.5 Å². The number of hydrogen-bond donors (Lipinski definition) is 1. The molecule has 1 heterocycles. The van der Waals surface area contributed by atoms with Crippen LogP contribution in [-0.4, -0.2) is 15.6 Å². The molecule has 4 heteroatoms. The molecule has 1 aromatic heterocycles. The van der Waals surface area contributed by atoms with Crippen molar-refractivity contribution in [1.82, 2.24) is 9.97 Å². The van der Waals surface area contributed by atoms with Crippen LogP contribution in [0.1, 0.15) is 26.5 Å². The first kappa shape index (κ1) is 13.3. The van der Waals surface area contributed by atoms with Gasteiger partial charge in [-0.3, -0.25) is 0 Å². The highest BCUT2D eigenvalue weighted by molar-refractivity contribution is 5.58. The molecule has 0 atom stereocenters. The van der Waals surface area contributed by atoms with Crippen LogP contribution in [0.5, 0.6) is 5.75 Å². The van der Waals surface area contributed by atoms with Crippen molar-refractivity contribution in [2.45, 2.75) is 33.3 Å². The lowest BCUT2D eigenvalue weighted by atomic mass is 10.1. The topological polar surface area (TPSA) is 61.0 Å². The van der Waals surface area contributed by atoms with Crippen LogP contribution in [0.15, 0.2) is 30.3 Å². The van der Waals surface area contributed by atoms with Crippen LogP contribution in [-0.2, 0) is 0 Å². The minimum absolute atomic E-state index is 0.203. The molecule has 100 valence electrons. The van der Waals surface area contributed by atoms with Gasteiger partial charge in [0.25, 0.3) is 0 Å². The van der Waals surface area contributed by atoms with E-state index < -0.39 is 0 Å². The number of ether oxygens (including phenoxy) is 1. The van der Waals surface area contributed by atoms with Crippen molar-refractivity contribution in [3.05, 3.63) is 36.0 Å². The third kappa shape index (κ3) is 3.68. The fourth-order valence-corrected chi connectivity index (χ4v) is 1.75. The van der Waals surface area contributed by atoms with E-state index in [2.05, 4.69) is 9.97 Å². The Labute approximate surface area is 113 Å². The maximum Gasteiger partial charge on any atom is 0.161 e. The van der Waals surface area contributed by atoms with Crippen LogP contribution < -0.4 is 10.5 Å². The second-order valence-corrected chi connectivity index (χ2v) is 5.50. The average Bonchev–Trinajstić information content (AvgIpc) is 2.26. The van der Waals surface area contributed by atoms with Gasteiger partial charge in [-0.2, -0.15) is 0 Å². The van der Waals surface area contributed by atoms with Gasteiger partial charge in [0.15, 0.2) is 5.82 Å². The SMILES string of the molecule is Cc1cc(N)nc(-c2ccc(OC(C)(C)C)cc2)n1. The number of nitrogens with two attached hydrogens (primary N) is 1. The summed E-state index contributed by atoms with van der Waals surface area (Å²) in [6.07, 6.45) is 0. The third-order valence-electron chi connectivity index (χ3n) is 2.41. The highest BCUT2D eigenvalue weighted by Crippen LogP contribution is 2.23. The predicted octanol–water partition coefficient (Wildman–Crippen LogP) is 3.21. The summed E-state index contributed by atoms with van der Waals surface area (Å²) in [5, 5.41) is 0. The molecule has 0 aliphatic carbocycles. The van der Waals surface area contributed by atoms with E-state index >= 15 is 0 Å². The summed E-state index contributed by atoms with van der Waals surface area (Å²) < 4.78 is 5.77. The Kier molecular flexibility index (Phi) is 3.42. The average molecular weight is 257 g/mol. The smallest absolute Gasteiger partial charge is 0.161 e. The monoisotopic (exact) mass is 257 g/mol. The Morgan fingerprint density at radius 1 is 1.05 bits per heavy atom. The van der Waals surface area contributed by atoms with E-state index in [9.17, 15) is 0 Å². The Morgan fingerprint density at radius 3 is 2.21 bits per heavy atom. The Bertz CT molecular complexity index is 551. The molecule has 0 bridgehead atoms. The quantitative estimate of drug-likeness (QED) is 0.897. The molecule has 1 aromatic carbocycles. The molecule has 19 heavy (non-hydrogen) atoms. The summed E-state index contributed by atoms with van der Waals surface area (Å²) in [4.78, 5) is 8.61. The lowest BCUT2D eigenvalue weighted by Gasteiger charge is -2.21. The highest BCUT2D eigenvalue weighted by atomic mass is 16.5. The van der Waals surface area contributed by atoms with Crippen molar-refractivity contribution >= 4 is 5.82 Å². The molecule has 0 saturated heterocycles. The summed E-state index contributed by atoms with van der Waals surface area (Å²) in [7, 11) is 0. The standard InChI is InChI=1S/C15H19N3O/c1-10-9-13(16)18-14(17-10)11-5-7-12(8-6-11)19-15(2,3)4/h5-9H,1-4H3,(H2,16,17,18). The number of aromatic nitrogens is 2. The zero-order valence-corrected chi connectivity index (χ0v) is 11.8. The van der Waals surface area contributed by atoms with Gasteiger partial charge in [0, 0.05) is 17.3 Å². The molecule has 0 unspecified atom stereocenters. The molecular weight excluding hydrogens is 238 g/mol. The molecule has 0 radical (unpaired) electrons. The first-order valence-electron chi connectivity index (χ1n) is 6.24. The van der Waals surface area contributed by atoms with E-state index in [1.165, 1.54) is 0 Å². The number of hydrogen-bond acceptors (Lipinski definition) is 4. The van der Waals surface area contributed by atoms with Gasteiger partial charge in [-0.05, 0) is 52.0 Å². The predicted molar refractivity (Wildman–Crippen MR) is 77.0 cm³/mol. The number of aryl methyl sites for hydroxylation is 1. The Hall–Kier alpha value is -2.10. The van der Waals surface area contributed by atoms with E-state index in [1.54, 1.807) is 6.07 Å². The highest BCUT2D eigenvalue weighted by Gasteiger charge is 2.12.